The first-order valence-corrected chi connectivity index (χ1v) is 9.50. The van der Waals surface area contributed by atoms with E-state index in [9.17, 15) is 4.79 Å². The number of imidazole rings is 2. The van der Waals surface area contributed by atoms with E-state index in [-0.39, 0.29) is 5.56 Å². The first-order valence-electron chi connectivity index (χ1n) is 9.50. The van der Waals surface area contributed by atoms with Crippen molar-refractivity contribution < 1.29 is 0 Å². The van der Waals surface area contributed by atoms with Gasteiger partial charge in [0.1, 0.15) is 29.5 Å². The van der Waals surface area contributed by atoms with Crippen molar-refractivity contribution in [3.05, 3.63) is 45.3 Å². The number of aryl methyl sites for hydroxylation is 4. The fourth-order valence-corrected chi connectivity index (χ4v) is 3.85. The number of nitrogens with zero attached hydrogens (tertiary/aromatic N) is 6. The predicted molar refractivity (Wildman–Crippen MR) is 106 cm³/mol. The molecule has 4 heterocycles. The smallest absolute Gasteiger partial charge is 0.274 e. The number of anilines is 1. The summed E-state index contributed by atoms with van der Waals surface area (Å²) in [4.78, 5) is 29.9. The Morgan fingerprint density at radius 2 is 1.81 bits per heavy atom. The zero-order valence-electron chi connectivity index (χ0n) is 16.5. The molecule has 1 N–H and O–H groups in total. The SMILES string of the molecule is CCC1=NCN(n2cc(C)nc2CC)c2c1[nH]c(=O)c1c(C)nc(CC)n21. The Kier molecular flexibility index (Phi) is 4.13. The van der Waals surface area contributed by atoms with Gasteiger partial charge >= 0.3 is 0 Å². The van der Waals surface area contributed by atoms with E-state index in [0.29, 0.717) is 12.2 Å². The minimum absolute atomic E-state index is 0.126. The second-order valence-electron chi connectivity index (χ2n) is 6.80. The maximum atomic E-state index is 12.8. The van der Waals surface area contributed by atoms with Crippen LogP contribution < -0.4 is 10.6 Å². The van der Waals surface area contributed by atoms with E-state index < -0.39 is 0 Å². The van der Waals surface area contributed by atoms with Crippen molar-refractivity contribution in [2.75, 3.05) is 11.7 Å². The van der Waals surface area contributed by atoms with Gasteiger partial charge in [0, 0.05) is 19.0 Å². The number of hydrogen-bond donors (Lipinski definition) is 1. The van der Waals surface area contributed by atoms with E-state index in [0.717, 1.165) is 59.5 Å². The summed E-state index contributed by atoms with van der Waals surface area (Å²) < 4.78 is 4.05. The number of nitrogens with one attached hydrogen (secondary N) is 1. The molecular weight excluding hydrogens is 342 g/mol. The molecule has 0 spiro atoms. The van der Waals surface area contributed by atoms with Crippen molar-refractivity contribution >= 4 is 17.0 Å². The monoisotopic (exact) mass is 367 g/mol. The number of aromatic amines is 1. The maximum Gasteiger partial charge on any atom is 0.274 e. The van der Waals surface area contributed by atoms with Gasteiger partial charge in [-0.05, 0) is 20.3 Å². The average Bonchev–Trinajstić information content (AvgIpc) is 3.20. The highest BCUT2D eigenvalue weighted by atomic mass is 16.1. The summed E-state index contributed by atoms with van der Waals surface area (Å²) in [5.74, 6) is 2.74. The summed E-state index contributed by atoms with van der Waals surface area (Å²) in [5.41, 5.74) is 3.85. The van der Waals surface area contributed by atoms with E-state index in [1.807, 2.05) is 24.4 Å². The predicted octanol–water partition coefficient (Wildman–Crippen LogP) is 2.40. The molecule has 0 radical (unpaired) electrons. The molecule has 0 aromatic carbocycles. The Balaban J connectivity index is 2.11. The van der Waals surface area contributed by atoms with E-state index in [4.69, 9.17) is 4.99 Å². The van der Waals surface area contributed by atoms with Gasteiger partial charge in [-0.3, -0.25) is 14.2 Å². The lowest BCUT2D eigenvalue weighted by Crippen LogP contribution is -2.39. The van der Waals surface area contributed by atoms with Gasteiger partial charge in [-0.2, -0.15) is 0 Å². The van der Waals surface area contributed by atoms with Crippen LogP contribution in [0.25, 0.3) is 5.52 Å². The molecule has 0 atom stereocenters. The standard InChI is InChI=1S/C19H25N7O/c1-6-13-16-19(25(10-20-13)24-9-11(4)21-14(24)7-2)26-15(8-3)22-12(5)17(26)18(27)23-16/h9H,6-8,10H2,1-5H3,(H,23,27). The first-order chi connectivity index (χ1) is 13.0. The quantitative estimate of drug-likeness (QED) is 0.767. The molecule has 0 unspecified atom stereocenters. The molecule has 8 heteroatoms. The molecule has 0 bridgehead atoms. The third-order valence-electron chi connectivity index (χ3n) is 5.05. The molecule has 0 saturated carbocycles. The molecule has 4 rings (SSSR count). The molecule has 0 fully saturated rings. The number of H-pyrrole nitrogens is 1. The number of rotatable bonds is 4. The Morgan fingerprint density at radius 3 is 2.48 bits per heavy atom. The van der Waals surface area contributed by atoms with E-state index in [1.54, 1.807) is 0 Å². The van der Waals surface area contributed by atoms with Crippen molar-refractivity contribution in [1.29, 1.82) is 0 Å². The second kappa shape index (κ2) is 6.37. The zero-order chi connectivity index (χ0) is 19.3. The molecule has 1 aliphatic rings. The number of aliphatic imine (C=N–C) groups is 1. The van der Waals surface area contributed by atoms with Gasteiger partial charge in [0.05, 0.1) is 17.1 Å². The minimum atomic E-state index is -0.126. The second-order valence-corrected chi connectivity index (χ2v) is 6.80. The summed E-state index contributed by atoms with van der Waals surface area (Å²) in [6.45, 7) is 10.5. The fraction of sp³-hybridized carbons (Fsp3) is 0.474. The van der Waals surface area contributed by atoms with Crippen molar-refractivity contribution in [2.45, 2.75) is 53.9 Å². The third kappa shape index (κ3) is 2.50. The highest BCUT2D eigenvalue weighted by molar-refractivity contribution is 6.04. The summed E-state index contributed by atoms with van der Waals surface area (Å²) in [7, 11) is 0. The van der Waals surface area contributed by atoms with Crippen molar-refractivity contribution in [1.82, 2.24) is 24.0 Å². The van der Waals surface area contributed by atoms with E-state index >= 15 is 0 Å². The lowest BCUT2D eigenvalue weighted by Gasteiger charge is -2.31. The van der Waals surface area contributed by atoms with Gasteiger partial charge in [0.2, 0.25) is 0 Å². The highest BCUT2D eigenvalue weighted by Gasteiger charge is 2.29. The Hall–Kier alpha value is -2.90. The fourth-order valence-electron chi connectivity index (χ4n) is 3.85. The third-order valence-corrected chi connectivity index (χ3v) is 5.05. The normalized spacial score (nSPS) is 14.0. The average molecular weight is 367 g/mol. The Labute approximate surface area is 157 Å². The van der Waals surface area contributed by atoms with Crippen LogP contribution in [0.1, 0.15) is 55.9 Å². The molecule has 8 nitrogen and oxygen atoms in total. The van der Waals surface area contributed by atoms with Crippen LogP contribution >= 0.6 is 0 Å². The molecule has 0 amide bonds. The maximum absolute atomic E-state index is 12.8. The van der Waals surface area contributed by atoms with E-state index in [1.165, 1.54) is 0 Å². The summed E-state index contributed by atoms with van der Waals surface area (Å²) in [6, 6.07) is 0. The number of fused-ring (bicyclic) bond motifs is 3. The van der Waals surface area contributed by atoms with Gasteiger partial charge in [0.15, 0.2) is 5.82 Å². The van der Waals surface area contributed by atoms with Crippen LogP contribution in [0.15, 0.2) is 16.0 Å². The van der Waals surface area contributed by atoms with Gasteiger partial charge in [-0.15, -0.1) is 0 Å². The van der Waals surface area contributed by atoms with Crippen LogP contribution in [0.5, 0.6) is 0 Å². The molecule has 1 aliphatic heterocycles. The van der Waals surface area contributed by atoms with Gasteiger partial charge in [-0.1, -0.05) is 20.8 Å². The van der Waals surface area contributed by atoms with E-state index in [2.05, 4.69) is 45.4 Å². The number of aromatic nitrogens is 5. The lowest BCUT2D eigenvalue weighted by atomic mass is 10.1. The molecule has 142 valence electrons. The van der Waals surface area contributed by atoms with Crippen LogP contribution in [0, 0.1) is 13.8 Å². The van der Waals surface area contributed by atoms with Gasteiger partial charge in [-0.25, -0.2) is 19.7 Å². The van der Waals surface area contributed by atoms with Crippen LogP contribution in [-0.2, 0) is 12.8 Å². The summed E-state index contributed by atoms with van der Waals surface area (Å²) in [5, 5.41) is 2.08. The lowest BCUT2D eigenvalue weighted by molar-refractivity contribution is 0.635. The largest absolute Gasteiger partial charge is 0.316 e. The molecule has 0 saturated heterocycles. The molecule has 27 heavy (non-hydrogen) atoms. The first kappa shape index (κ1) is 17.5. The van der Waals surface area contributed by atoms with Crippen LogP contribution in [0.3, 0.4) is 0 Å². The Bertz CT molecular complexity index is 1120. The van der Waals surface area contributed by atoms with Crippen molar-refractivity contribution in [3.8, 4) is 0 Å². The highest BCUT2D eigenvalue weighted by Crippen LogP contribution is 2.28. The van der Waals surface area contributed by atoms with Crippen molar-refractivity contribution in [2.24, 2.45) is 4.99 Å². The molecule has 3 aromatic heterocycles. The zero-order valence-corrected chi connectivity index (χ0v) is 16.5. The van der Waals surface area contributed by atoms with Crippen LogP contribution in [-0.4, -0.2) is 36.4 Å². The summed E-state index contributed by atoms with van der Waals surface area (Å²) in [6.07, 6.45) is 4.31. The van der Waals surface area contributed by atoms with Crippen LogP contribution in [0.2, 0.25) is 0 Å². The molecular formula is C19H25N7O. The van der Waals surface area contributed by atoms with Gasteiger partial charge < -0.3 is 4.98 Å². The Morgan fingerprint density at radius 1 is 1.07 bits per heavy atom. The van der Waals surface area contributed by atoms with Crippen molar-refractivity contribution in [3.63, 3.8) is 0 Å². The van der Waals surface area contributed by atoms with Gasteiger partial charge in [0.25, 0.3) is 5.56 Å². The summed E-state index contributed by atoms with van der Waals surface area (Å²) >= 11 is 0. The topological polar surface area (TPSA) is 83.6 Å². The number of hydrogen-bond acceptors (Lipinski definition) is 5. The molecule has 0 aliphatic carbocycles. The van der Waals surface area contributed by atoms with Crippen LogP contribution in [0.4, 0.5) is 5.82 Å². The minimum Gasteiger partial charge on any atom is -0.316 e. The molecule has 3 aromatic rings.